The molecule has 104 valence electrons. The third kappa shape index (κ3) is 3.00. The maximum atomic E-state index is 12.2. The fourth-order valence-corrected chi connectivity index (χ4v) is 2.30. The Morgan fingerprint density at radius 2 is 1.86 bits per heavy atom. The first kappa shape index (κ1) is 13.5. The highest BCUT2D eigenvalue weighted by atomic mass is 79.9. The number of rotatable bonds is 3. The van der Waals surface area contributed by atoms with Crippen molar-refractivity contribution in [3.63, 3.8) is 0 Å². The number of aromatic nitrogens is 2. The van der Waals surface area contributed by atoms with E-state index in [1.807, 2.05) is 30.3 Å². The first-order chi connectivity index (χ1) is 10.2. The molecule has 5 nitrogen and oxygen atoms in total. The lowest BCUT2D eigenvalue weighted by Gasteiger charge is -2.07. The minimum absolute atomic E-state index is 0.173. The van der Waals surface area contributed by atoms with Gasteiger partial charge in [0.25, 0.3) is 5.91 Å². The average Bonchev–Trinajstić information content (AvgIpc) is 3.02. The lowest BCUT2D eigenvalue weighted by Crippen LogP contribution is -2.12. The predicted octanol–water partition coefficient (Wildman–Crippen LogP) is 3.75. The molecule has 1 amide bonds. The van der Waals surface area contributed by atoms with Crippen molar-refractivity contribution in [2.75, 3.05) is 5.32 Å². The van der Waals surface area contributed by atoms with E-state index in [1.54, 1.807) is 18.2 Å². The largest absolute Gasteiger partial charge is 0.423 e. The second-order valence-corrected chi connectivity index (χ2v) is 5.11. The van der Waals surface area contributed by atoms with Crippen molar-refractivity contribution in [1.82, 2.24) is 10.2 Å². The van der Waals surface area contributed by atoms with Crippen LogP contribution in [0.15, 0.2) is 63.8 Å². The minimum Gasteiger partial charge on any atom is -0.423 e. The highest BCUT2D eigenvalue weighted by molar-refractivity contribution is 9.10. The third-order valence-electron chi connectivity index (χ3n) is 2.87. The zero-order valence-electron chi connectivity index (χ0n) is 10.8. The number of carbonyl (C=O) groups excluding carboxylic acids is 1. The summed E-state index contributed by atoms with van der Waals surface area (Å²) in [7, 11) is 0. The number of amides is 1. The van der Waals surface area contributed by atoms with Gasteiger partial charge in [-0.15, -0.1) is 10.2 Å². The van der Waals surface area contributed by atoms with Crippen molar-refractivity contribution in [2.45, 2.75) is 0 Å². The van der Waals surface area contributed by atoms with Gasteiger partial charge < -0.3 is 9.73 Å². The van der Waals surface area contributed by atoms with E-state index in [-0.39, 0.29) is 5.91 Å². The summed E-state index contributed by atoms with van der Waals surface area (Å²) in [4.78, 5) is 12.2. The van der Waals surface area contributed by atoms with Crippen molar-refractivity contribution in [3.05, 3.63) is 65.0 Å². The van der Waals surface area contributed by atoms with Gasteiger partial charge in [-0.2, -0.15) is 0 Å². The lowest BCUT2D eigenvalue weighted by molar-refractivity contribution is 0.102. The Hall–Kier alpha value is -2.47. The number of carbonyl (C=O) groups is 1. The molecule has 0 spiro atoms. The Balaban J connectivity index is 1.77. The highest BCUT2D eigenvalue weighted by Crippen LogP contribution is 2.21. The summed E-state index contributed by atoms with van der Waals surface area (Å²) >= 11 is 3.36. The van der Waals surface area contributed by atoms with Gasteiger partial charge in [0.1, 0.15) is 0 Å². The number of hydrogen-bond acceptors (Lipinski definition) is 4. The molecule has 0 atom stereocenters. The van der Waals surface area contributed by atoms with Crippen LogP contribution in [0.5, 0.6) is 0 Å². The molecule has 3 rings (SSSR count). The van der Waals surface area contributed by atoms with Crippen molar-refractivity contribution < 1.29 is 9.21 Å². The number of benzene rings is 2. The fraction of sp³-hybridized carbons (Fsp3) is 0. The molecule has 3 aromatic rings. The van der Waals surface area contributed by atoms with Gasteiger partial charge in [-0.1, -0.05) is 12.1 Å². The Morgan fingerprint density at radius 3 is 2.52 bits per heavy atom. The number of hydrogen-bond donors (Lipinski definition) is 1. The minimum atomic E-state index is -0.173. The summed E-state index contributed by atoms with van der Waals surface area (Å²) in [6, 6.07) is 14.5. The molecule has 0 saturated heterocycles. The van der Waals surface area contributed by atoms with Crippen LogP contribution in [0.1, 0.15) is 10.4 Å². The Morgan fingerprint density at radius 1 is 1.10 bits per heavy atom. The molecule has 2 aromatic carbocycles. The van der Waals surface area contributed by atoms with Crippen LogP contribution in [0.3, 0.4) is 0 Å². The number of anilines is 1. The number of halogens is 1. The Labute approximate surface area is 129 Å². The first-order valence-corrected chi connectivity index (χ1v) is 6.96. The number of nitrogens with zero attached hydrogens (tertiary/aromatic N) is 2. The van der Waals surface area contributed by atoms with Crippen molar-refractivity contribution in [3.8, 4) is 11.5 Å². The average molecular weight is 344 g/mol. The monoisotopic (exact) mass is 343 g/mol. The molecule has 0 aliphatic rings. The number of nitrogens with one attached hydrogen (secondary N) is 1. The highest BCUT2D eigenvalue weighted by Gasteiger charge is 2.10. The normalized spacial score (nSPS) is 10.3. The van der Waals surface area contributed by atoms with Gasteiger partial charge in [-0.05, 0) is 52.3 Å². The summed E-state index contributed by atoms with van der Waals surface area (Å²) in [5, 5.41) is 10.3. The molecule has 0 aliphatic heterocycles. The third-order valence-corrected chi connectivity index (χ3v) is 3.56. The quantitative estimate of drug-likeness (QED) is 0.786. The van der Waals surface area contributed by atoms with Gasteiger partial charge in [0.05, 0.1) is 5.56 Å². The molecule has 0 saturated carbocycles. The SMILES string of the molecule is O=C(Nc1ccc(-c2nnco2)cc1)c1ccccc1Br. The maximum Gasteiger partial charge on any atom is 0.256 e. The molecule has 1 heterocycles. The molecule has 1 aromatic heterocycles. The lowest BCUT2D eigenvalue weighted by atomic mass is 10.2. The van der Waals surface area contributed by atoms with Crippen LogP contribution in [0, 0.1) is 0 Å². The van der Waals surface area contributed by atoms with Crippen LogP contribution in [-0.2, 0) is 0 Å². The van der Waals surface area contributed by atoms with Crippen LogP contribution in [-0.4, -0.2) is 16.1 Å². The van der Waals surface area contributed by atoms with Crippen molar-refractivity contribution >= 4 is 27.5 Å². The Kier molecular flexibility index (Phi) is 3.79. The van der Waals surface area contributed by atoms with E-state index in [4.69, 9.17) is 4.42 Å². The predicted molar refractivity (Wildman–Crippen MR) is 81.8 cm³/mol. The van der Waals surface area contributed by atoms with E-state index in [1.165, 1.54) is 6.39 Å². The molecular formula is C15H10BrN3O2. The molecule has 6 heteroatoms. The summed E-state index contributed by atoms with van der Waals surface area (Å²) in [5.74, 6) is 0.270. The molecular weight excluding hydrogens is 334 g/mol. The van der Waals surface area contributed by atoms with Gasteiger partial charge in [-0.3, -0.25) is 4.79 Å². The molecule has 0 aliphatic carbocycles. The first-order valence-electron chi connectivity index (χ1n) is 6.16. The summed E-state index contributed by atoms with van der Waals surface area (Å²) in [6.45, 7) is 0. The molecule has 0 bridgehead atoms. The van der Waals surface area contributed by atoms with Crippen LogP contribution in [0.4, 0.5) is 5.69 Å². The van der Waals surface area contributed by atoms with Crippen molar-refractivity contribution in [2.24, 2.45) is 0 Å². The summed E-state index contributed by atoms with van der Waals surface area (Å²) in [5.41, 5.74) is 2.07. The van der Waals surface area contributed by atoms with Crippen LogP contribution < -0.4 is 5.32 Å². The zero-order chi connectivity index (χ0) is 14.7. The standard InChI is InChI=1S/C15H10BrN3O2/c16-13-4-2-1-3-12(13)14(20)18-11-7-5-10(6-8-11)15-19-17-9-21-15/h1-9H,(H,18,20). The van der Waals surface area contributed by atoms with Gasteiger partial charge in [0, 0.05) is 15.7 Å². The van der Waals surface area contributed by atoms with Gasteiger partial charge >= 0.3 is 0 Å². The van der Waals surface area contributed by atoms with Gasteiger partial charge in [-0.25, -0.2) is 0 Å². The van der Waals surface area contributed by atoms with Crippen molar-refractivity contribution in [1.29, 1.82) is 0 Å². The zero-order valence-corrected chi connectivity index (χ0v) is 12.4. The van der Waals surface area contributed by atoms with Crippen LogP contribution >= 0.6 is 15.9 Å². The molecule has 0 fully saturated rings. The van der Waals surface area contributed by atoms with E-state index in [2.05, 4.69) is 31.4 Å². The van der Waals surface area contributed by atoms with E-state index in [0.29, 0.717) is 17.1 Å². The van der Waals surface area contributed by atoms with E-state index < -0.39 is 0 Å². The summed E-state index contributed by atoms with van der Waals surface area (Å²) in [6.07, 6.45) is 1.28. The Bertz CT molecular complexity index is 755. The summed E-state index contributed by atoms with van der Waals surface area (Å²) < 4.78 is 5.86. The van der Waals surface area contributed by atoms with E-state index in [9.17, 15) is 4.79 Å². The van der Waals surface area contributed by atoms with E-state index >= 15 is 0 Å². The van der Waals surface area contributed by atoms with Gasteiger partial charge in [0.2, 0.25) is 12.3 Å². The van der Waals surface area contributed by atoms with Gasteiger partial charge in [0.15, 0.2) is 0 Å². The molecule has 0 radical (unpaired) electrons. The fourth-order valence-electron chi connectivity index (χ4n) is 1.84. The molecule has 0 unspecified atom stereocenters. The topological polar surface area (TPSA) is 68.0 Å². The van der Waals surface area contributed by atoms with Crippen LogP contribution in [0.2, 0.25) is 0 Å². The maximum absolute atomic E-state index is 12.2. The molecule has 1 N–H and O–H groups in total. The van der Waals surface area contributed by atoms with E-state index in [0.717, 1.165) is 10.0 Å². The second kappa shape index (κ2) is 5.88. The molecule has 21 heavy (non-hydrogen) atoms. The van der Waals surface area contributed by atoms with Crippen LogP contribution in [0.25, 0.3) is 11.5 Å². The second-order valence-electron chi connectivity index (χ2n) is 4.26. The smallest absolute Gasteiger partial charge is 0.256 e.